The van der Waals surface area contributed by atoms with Crippen LogP contribution in [0.4, 0.5) is 0 Å². The summed E-state index contributed by atoms with van der Waals surface area (Å²) in [4.78, 5) is 0. The van der Waals surface area contributed by atoms with Crippen molar-refractivity contribution in [1.82, 2.24) is 0 Å². The fraction of sp³-hybridized carbons (Fsp3) is 0.600. The summed E-state index contributed by atoms with van der Waals surface area (Å²) >= 11 is 0. The molecule has 0 aromatic heterocycles. The molecule has 0 amide bonds. The summed E-state index contributed by atoms with van der Waals surface area (Å²) < 4.78 is 0. The lowest BCUT2D eigenvalue weighted by Gasteiger charge is -2.49. The van der Waals surface area contributed by atoms with Crippen LogP contribution in [0, 0.1) is 11.3 Å². The molecule has 0 nitrogen and oxygen atoms in total. The Bertz CT molecular complexity index is 218. The average Bonchev–Trinajstić information content (AvgIpc) is 1.87. The Kier molecular flexibility index (Phi) is 0.964. The molecule has 0 radical (unpaired) electrons. The molecule has 3 aliphatic carbocycles. The Balaban J connectivity index is 2.39. The average molecular weight is 134 g/mol. The van der Waals surface area contributed by atoms with Crippen LogP contribution in [0.15, 0.2) is 23.8 Å². The fourth-order valence-corrected chi connectivity index (χ4v) is 2.21. The maximum Gasteiger partial charge on any atom is -0.00410 e. The molecular weight excluding hydrogens is 120 g/mol. The Labute approximate surface area is 62.6 Å². The third-order valence-electron chi connectivity index (χ3n) is 3.13. The molecule has 0 N–H and O–H groups in total. The van der Waals surface area contributed by atoms with E-state index in [2.05, 4.69) is 26.5 Å². The van der Waals surface area contributed by atoms with Crippen LogP contribution in [0.1, 0.15) is 26.7 Å². The van der Waals surface area contributed by atoms with Crippen molar-refractivity contribution >= 4 is 0 Å². The minimum atomic E-state index is 0.468. The monoisotopic (exact) mass is 134 g/mol. The van der Waals surface area contributed by atoms with Gasteiger partial charge in [-0.15, -0.1) is 0 Å². The number of hydrogen-bond donors (Lipinski definition) is 0. The molecule has 3 aliphatic rings. The van der Waals surface area contributed by atoms with E-state index in [1.165, 1.54) is 24.0 Å². The smallest absolute Gasteiger partial charge is 0.00410 e. The van der Waals surface area contributed by atoms with Crippen LogP contribution in [0.3, 0.4) is 0 Å². The van der Waals surface area contributed by atoms with Gasteiger partial charge in [-0.3, -0.25) is 0 Å². The van der Waals surface area contributed by atoms with E-state index in [0.717, 1.165) is 5.92 Å². The van der Waals surface area contributed by atoms with Gasteiger partial charge < -0.3 is 0 Å². The molecule has 0 spiro atoms. The zero-order chi connectivity index (χ0) is 7.35. The van der Waals surface area contributed by atoms with Crippen LogP contribution >= 0.6 is 0 Å². The van der Waals surface area contributed by atoms with Crippen LogP contribution in [0.2, 0.25) is 0 Å². The van der Waals surface area contributed by atoms with Crippen molar-refractivity contribution in [3.8, 4) is 0 Å². The molecule has 3 rings (SSSR count). The van der Waals surface area contributed by atoms with Crippen molar-refractivity contribution in [2.45, 2.75) is 26.7 Å². The van der Waals surface area contributed by atoms with E-state index in [-0.39, 0.29) is 0 Å². The molecule has 0 heteroatoms. The summed E-state index contributed by atoms with van der Waals surface area (Å²) in [5.41, 5.74) is 3.38. The summed E-state index contributed by atoms with van der Waals surface area (Å²) in [5.74, 6) is 0.855. The predicted octanol–water partition coefficient (Wildman–Crippen LogP) is 2.92. The lowest BCUT2D eigenvalue weighted by atomic mass is 9.55. The van der Waals surface area contributed by atoms with Gasteiger partial charge in [-0.05, 0) is 29.7 Å². The minimum Gasteiger partial charge on any atom is -0.0955 e. The van der Waals surface area contributed by atoms with Gasteiger partial charge in [0.2, 0.25) is 0 Å². The minimum absolute atomic E-state index is 0.468. The second-order valence-electron chi connectivity index (χ2n) is 4.05. The van der Waals surface area contributed by atoms with Crippen molar-refractivity contribution in [3.63, 3.8) is 0 Å². The van der Waals surface area contributed by atoms with Crippen molar-refractivity contribution in [3.05, 3.63) is 23.8 Å². The molecule has 10 heavy (non-hydrogen) atoms. The zero-order valence-electron chi connectivity index (χ0n) is 6.78. The van der Waals surface area contributed by atoms with Gasteiger partial charge in [0.15, 0.2) is 0 Å². The van der Waals surface area contributed by atoms with E-state index in [1.807, 2.05) is 0 Å². The molecule has 2 bridgehead atoms. The molecule has 1 atom stereocenters. The van der Waals surface area contributed by atoms with Gasteiger partial charge >= 0.3 is 0 Å². The third kappa shape index (κ3) is 0.524. The van der Waals surface area contributed by atoms with E-state index >= 15 is 0 Å². The van der Waals surface area contributed by atoms with Crippen LogP contribution in [0.25, 0.3) is 0 Å². The van der Waals surface area contributed by atoms with Crippen LogP contribution in [0.5, 0.6) is 0 Å². The van der Waals surface area contributed by atoms with Gasteiger partial charge in [0, 0.05) is 0 Å². The van der Waals surface area contributed by atoms with Crippen molar-refractivity contribution in [1.29, 1.82) is 0 Å². The van der Waals surface area contributed by atoms with E-state index in [9.17, 15) is 0 Å². The first kappa shape index (κ1) is 6.21. The van der Waals surface area contributed by atoms with Crippen LogP contribution in [-0.2, 0) is 0 Å². The van der Waals surface area contributed by atoms with Crippen molar-refractivity contribution in [2.75, 3.05) is 0 Å². The number of hydrogen-bond acceptors (Lipinski definition) is 0. The first-order chi connectivity index (χ1) is 4.62. The lowest BCUT2D eigenvalue weighted by Crippen LogP contribution is -2.38. The van der Waals surface area contributed by atoms with Gasteiger partial charge in [0.25, 0.3) is 0 Å². The van der Waals surface area contributed by atoms with Crippen molar-refractivity contribution in [2.24, 2.45) is 11.3 Å². The quantitative estimate of drug-likeness (QED) is 0.478. The molecular formula is C10H14. The summed E-state index contributed by atoms with van der Waals surface area (Å²) in [6.45, 7) is 8.72. The number of rotatable bonds is 0. The Morgan fingerprint density at radius 3 is 2.60 bits per heavy atom. The summed E-state index contributed by atoms with van der Waals surface area (Å²) in [6, 6.07) is 0. The molecule has 54 valence electrons. The van der Waals surface area contributed by atoms with E-state index in [0.29, 0.717) is 5.41 Å². The van der Waals surface area contributed by atoms with Gasteiger partial charge in [-0.2, -0.15) is 0 Å². The fourth-order valence-electron chi connectivity index (χ4n) is 2.21. The first-order valence-electron chi connectivity index (χ1n) is 4.03. The summed E-state index contributed by atoms with van der Waals surface area (Å²) in [6.07, 6.45) is 4.96. The Hall–Kier alpha value is -0.520. The molecule has 0 saturated heterocycles. The van der Waals surface area contributed by atoms with Crippen molar-refractivity contribution < 1.29 is 0 Å². The molecule has 1 saturated carbocycles. The predicted molar refractivity (Wildman–Crippen MR) is 43.7 cm³/mol. The maximum absolute atomic E-state index is 4.06. The summed E-state index contributed by atoms with van der Waals surface area (Å²) in [7, 11) is 0. The molecule has 1 fully saturated rings. The first-order valence-corrected chi connectivity index (χ1v) is 4.03. The highest BCUT2D eigenvalue weighted by Crippen LogP contribution is 2.55. The maximum atomic E-state index is 4.06. The zero-order valence-corrected chi connectivity index (χ0v) is 6.78. The normalized spacial score (nSPS) is 34.8. The second-order valence-corrected chi connectivity index (χ2v) is 4.05. The van der Waals surface area contributed by atoms with Crippen LogP contribution in [-0.4, -0.2) is 0 Å². The van der Waals surface area contributed by atoms with Gasteiger partial charge in [-0.25, -0.2) is 0 Å². The Morgan fingerprint density at radius 2 is 2.30 bits per heavy atom. The molecule has 0 aromatic carbocycles. The number of allylic oxidation sites excluding steroid dienone is 3. The van der Waals surface area contributed by atoms with E-state index < -0.39 is 0 Å². The highest BCUT2D eigenvalue weighted by molar-refractivity contribution is 5.45. The highest BCUT2D eigenvalue weighted by atomic mass is 14.5. The Morgan fingerprint density at radius 1 is 1.60 bits per heavy atom. The largest absolute Gasteiger partial charge is 0.0955 e. The molecule has 1 unspecified atom stereocenters. The van der Waals surface area contributed by atoms with Gasteiger partial charge in [0.1, 0.15) is 0 Å². The van der Waals surface area contributed by atoms with E-state index in [4.69, 9.17) is 0 Å². The van der Waals surface area contributed by atoms with Crippen LogP contribution < -0.4 is 0 Å². The standard InChI is InChI=1S/C10H14/c1-7-4-5-8-6-9(7)10(8,2)3/h6,8H,1,4-5H2,2-3H3. The lowest BCUT2D eigenvalue weighted by molar-refractivity contribution is 0.233. The van der Waals surface area contributed by atoms with Gasteiger partial charge in [0.05, 0.1) is 0 Å². The molecule has 0 aliphatic heterocycles. The van der Waals surface area contributed by atoms with E-state index in [1.54, 1.807) is 0 Å². The summed E-state index contributed by atoms with van der Waals surface area (Å²) in [5, 5.41) is 0. The SMILES string of the molecule is C=C1CCC2C=C1C2(C)C. The second kappa shape index (κ2) is 1.55. The highest BCUT2D eigenvalue weighted by Gasteiger charge is 2.43. The number of fused-ring (bicyclic) bond motifs is 2. The van der Waals surface area contributed by atoms with Gasteiger partial charge in [-0.1, -0.05) is 32.1 Å². The molecule has 0 aromatic rings. The third-order valence-corrected chi connectivity index (χ3v) is 3.13. The molecule has 0 heterocycles. The topological polar surface area (TPSA) is 0 Å².